The fourth-order valence-electron chi connectivity index (χ4n) is 0.995. The predicted molar refractivity (Wildman–Crippen MR) is 54.3 cm³/mol. The first-order valence-corrected chi connectivity index (χ1v) is 5.85. The Morgan fingerprint density at radius 1 is 1.33 bits per heavy atom. The summed E-state index contributed by atoms with van der Waals surface area (Å²) in [4.78, 5) is 3.31. The third kappa shape index (κ3) is 3.56. The summed E-state index contributed by atoms with van der Waals surface area (Å²) in [6, 6.07) is 3.65. The van der Waals surface area contributed by atoms with Gasteiger partial charge in [0.15, 0.2) is 5.03 Å². The molecule has 1 rings (SSSR count). The number of hydrogen-bond donors (Lipinski definition) is 1. The molecule has 15 heavy (non-hydrogen) atoms. The van der Waals surface area contributed by atoms with Gasteiger partial charge in [-0.1, -0.05) is 6.07 Å². The first-order chi connectivity index (χ1) is 6.71. The highest BCUT2D eigenvalue weighted by Crippen LogP contribution is 2.10. The monoisotopic (exact) mass is 232 g/mol. The summed E-state index contributed by atoms with van der Waals surface area (Å²) in [5.74, 6) is -0.813. The maximum Gasteiger partial charge on any atom is 0.258 e. The quantitative estimate of drug-likeness (QED) is 0.782. The Balaban J connectivity index is 3.07. The minimum absolute atomic E-state index is 0.308. The van der Waals surface area contributed by atoms with Crippen molar-refractivity contribution in [1.29, 1.82) is 0 Å². The van der Waals surface area contributed by atoms with E-state index in [0.29, 0.717) is 0 Å². The van der Waals surface area contributed by atoms with Crippen molar-refractivity contribution < 1.29 is 12.8 Å². The molecule has 0 aromatic carbocycles. The van der Waals surface area contributed by atoms with Gasteiger partial charge in [-0.3, -0.25) is 0 Å². The number of hydrogen-bond acceptors (Lipinski definition) is 3. The van der Waals surface area contributed by atoms with Gasteiger partial charge in [-0.2, -0.15) is 4.39 Å². The first-order valence-electron chi connectivity index (χ1n) is 4.37. The topological polar surface area (TPSA) is 59.1 Å². The summed E-state index contributed by atoms with van der Waals surface area (Å²) in [6.45, 7) is 5.09. The molecule has 0 saturated carbocycles. The van der Waals surface area contributed by atoms with Gasteiger partial charge in [0.05, 0.1) is 0 Å². The number of aromatic nitrogens is 1. The van der Waals surface area contributed by atoms with Gasteiger partial charge in [0.1, 0.15) is 0 Å². The molecule has 0 aliphatic carbocycles. The molecule has 0 amide bonds. The third-order valence-corrected chi connectivity index (χ3v) is 3.06. The molecular weight excluding hydrogens is 219 g/mol. The van der Waals surface area contributed by atoms with E-state index in [9.17, 15) is 12.8 Å². The molecule has 0 unspecified atom stereocenters. The van der Waals surface area contributed by atoms with Gasteiger partial charge in [-0.05, 0) is 32.9 Å². The lowest BCUT2D eigenvalue weighted by molar-refractivity contribution is 0.486. The molecule has 0 saturated heterocycles. The molecule has 84 valence electrons. The molecule has 0 aliphatic heterocycles. The standard InChI is InChI=1S/C9H13FN2O2S/c1-9(2,3)12-15(13,14)8-6-4-5-7(10)11-8/h4-6,12H,1-3H3. The number of halogens is 1. The van der Waals surface area contributed by atoms with E-state index < -0.39 is 21.5 Å². The van der Waals surface area contributed by atoms with E-state index in [1.54, 1.807) is 20.8 Å². The molecule has 0 radical (unpaired) electrons. The lowest BCUT2D eigenvalue weighted by atomic mass is 10.1. The van der Waals surface area contributed by atoms with Crippen molar-refractivity contribution in [2.75, 3.05) is 0 Å². The molecule has 1 N–H and O–H groups in total. The predicted octanol–water partition coefficient (Wildman–Crippen LogP) is 1.30. The van der Waals surface area contributed by atoms with Gasteiger partial charge in [0.2, 0.25) is 5.95 Å². The summed E-state index contributed by atoms with van der Waals surface area (Å²) in [7, 11) is -3.74. The lowest BCUT2D eigenvalue weighted by Gasteiger charge is -2.19. The van der Waals surface area contributed by atoms with Crippen molar-refractivity contribution in [3.8, 4) is 0 Å². The second-order valence-electron chi connectivity index (χ2n) is 4.15. The van der Waals surface area contributed by atoms with Crippen molar-refractivity contribution in [3.63, 3.8) is 0 Å². The maximum absolute atomic E-state index is 12.7. The number of pyridine rings is 1. The molecule has 1 heterocycles. The number of rotatable bonds is 2. The van der Waals surface area contributed by atoms with Crippen LogP contribution in [0.25, 0.3) is 0 Å². The van der Waals surface area contributed by atoms with Gasteiger partial charge in [0, 0.05) is 5.54 Å². The average Bonchev–Trinajstić information content (AvgIpc) is 1.99. The van der Waals surface area contributed by atoms with E-state index >= 15 is 0 Å². The minimum Gasteiger partial charge on any atom is -0.206 e. The molecule has 6 heteroatoms. The van der Waals surface area contributed by atoms with Crippen molar-refractivity contribution in [2.45, 2.75) is 31.3 Å². The minimum atomic E-state index is -3.74. The Kier molecular flexibility index (Phi) is 3.11. The summed E-state index contributed by atoms with van der Waals surface area (Å²) in [5.41, 5.74) is -0.618. The van der Waals surface area contributed by atoms with Gasteiger partial charge in [-0.25, -0.2) is 18.1 Å². The Morgan fingerprint density at radius 3 is 2.40 bits per heavy atom. The molecule has 0 atom stereocenters. The van der Waals surface area contributed by atoms with E-state index in [0.717, 1.165) is 6.07 Å². The van der Waals surface area contributed by atoms with Crippen LogP contribution in [0.2, 0.25) is 0 Å². The Morgan fingerprint density at radius 2 is 1.93 bits per heavy atom. The zero-order valence-corrected chi connectivity index (χ0v) is 9.60. The summed E-state index contributed by atoms with van der Waals surface area (Å²) >= 11 is 0. The van der Waals surface area contributed by atoms with E-state index in [2.05, 4.69) is 9.71 Å². The average molecular weight is 232 g/mol. The second kappa shape index (κ2) is 3.86. The summed E-state index contributed by atoms with van der Waals surface area (Å²) in [6.07, 6.45) is 0. The third-order valence-electron chi connectivity index (χ3n) is 1.41. The molecule has 1 aromatic heterocycles. The Hall–Kier alpha value is -1.01. The Bertz CT molecular complexity index is 451. The van der Waals surface area contributed by atoms with Crippen LogP contribution in [0.5, 0.6) is 0 Å². The van der Waals surface area contributed by atoms with Crippen LogP contribution in [0.1, 0.15) is 20.8 Å². The molecular formula is C9H13FN2O2S. The van der Waals surface area contributed by atoms with Gasteiger partial charge in [-0.15, -0.1) is 0 Å². The van der Waals surface area contributed by atoms with Crippen LogP contribution in [0, 0.1) is 5.95 Å². The lowest BCUT2D eigenvalue weighted by Crippen LogP contribution is -2.40. The molecule has 1 aromatic rings. The molecule has 0 fully saturated rings. The van der Waals surface area contributed by atoms with Crippen LogP contribution in [0.15, 0.2) is 23.2 Å². The fourth-order valence-corrected chi connectivity index (χ4v) is 2.37. The van der Waals surface area contributed by atoms with E-state index in [-0.39, 0.29) is 5.03 Å². The van der Waals surface area contributed by atoms with Crippen molar-refractivity contribution in [2.24, 2.45) is 0 Å². The fraction of sp³-hybridized carbons (Fsp3) is 0.444. The van der Waals surface area contributed by atoms with E-state index in [4.69, 9.17) is 0 Å². The number of nitrogens with one attached hydrogen (secondary N) is 1. The van der Waals surface area contributed by atoms with Gasteiger partial charge >= 0.3 is 0 Å². The van der Waals surface area contributed by atoms with Gasteiger partial charge < -0.3 is 0 Å². The van der Waals surface area contributed by atoms with E-state index in [1.807, 2.05) is 0 Å². The molecule has 0 aliphatic rings. The van der Waals surface area contributed by atoms with Gasteiger partial charge in [0.25, 0.3) is 10.0 Å². The molecule has 0 bridgehead atoms. The Labute approximate surface area is 88.6 Å². The highest BCUT2D eigenvalue weighted by atomic mass is 32.2. The maximum atomic E-state index is 12.7. The normalized spacial score (nSPS) is 12.8. The largest absolute Gasteiger partial charge is 0.258 e. The van der Waals surface area contributed by atoms with Crippen molar-refractivity contribution in [3.05, 3.63) is 24.1 Å². The SMILES string of the molecule is CC(C)(C)NS(=O)(=O)c1cccc(F)n1. The van der Waals surface area contributed by atoms with Crippen LogP contribution in [-0.4, -0.2) is 18.9 Å². The van der Waals surface area contributed by atoms with Crippen molar-refractivity contribution in [1.82, 2.24) is 9.71 Å². The molecule has 4 nitrogen and oxygen atoms in total. The zero-order chi connectivity index (χ0) is 11.7. The van der Waals surface area contributed by atoms with Crippen LogP contribution in [0.3, 0.4) is 0 Å². The molecule has 0 spiro atoms. The van der Waals surface area contributed by atoms with Crippen LogP contribution in [0.4, 0.5) is 4.39 Å². The first kappa shape index (κ1) is 12.1. The van der Waals surface area contributed by atoms with Crippen molar-refractivity contribution >= 4 is 10.0 Å². The van der Waals surface area contributed by atoms with E-state index in [1.165, 1.54) is 12.1 Å². The summed E-state index contributed by atoms with van der Waals surface area (Å²) in [5, 5.41) is -0.308. The van der Waals surface area contributed by atoms with Crippen LogP contribution >= 0.6 is 0 Å². The smallest absolute Gasteiger partial charge is 0.206 e. The summed E-state index contributed by atoms with van der Waals surface area (Å²) < 4.78 is 38.4. The highest BCUT2D eigenvalue weighted by Gasteiger charge is 2.23. The number of nitrogens with zero attached hydrogens (tertiary/aromatic N) is 1. The van der Waals surface area contributed by atoms with Crippen LogP contribution in [-0.2, 0) is 10.0 Å². The number of sulfonamides is 1. The second-order valence-corrected chi connectivity index (χ2v) is 5.78. The van der Waals surface area contributed by atoms with Crippen LogP contribution < -0.4 is 4.72 Å². The zero-order valence-electron chi connectivity index (χ0n) is 8.78. The highest BCUT2D eigenvalue weighted by molar-refractivity contribution is 7.89.